The van der Waals surface area contributed by atoms with Gasteiger partial charge >= 0.3 is 0 Å². The van der Waals surface area contributed by atoms with Crippen molar-refractivity contribution in [3.8, 4) is 0 Å². The summed E-state index contributed by atoms with van der Waals surface area (Å²) in [6, 6.07) is 2.49. The lowest BCUT2D eigenvalue weighted by Crippen LogP contribution is -2.18. The molecule has 0 spiro atoms. The molecule has 0 saturated heterocycles. The average Bonchev–Trinajstić information content (AvgIpc) is 2.71. The molecule has 15 heavy (non-hydrogen) atoms. The van der Waals surface area contributed by atoms with Gasteiger partial charge in [-0.15, -0.1) is 0 Å². The lowest BCUT2D eigenvalue weighted by molar-refractivity contribution is 0.743. The van der Waals surface area contributed by atoms with Crippen LogP contribution < -0.4 is 10.2 Å². The minimum atomic E-state index is 0.572. The normalized spacial score (nSPS) is 16.7. The molecule has 1 heterocycles. The molecule has 4 heteroatoms. The van der Waals surface area contributed by atoms with Crippen molar-refractivity contribution < 1.29 is 0 Å². The molecular weight excluding hydrogens is 188 g/mol. The summed E-state index contributed by atoms with van der Waals surface area (Å²) in [6.45, 7) is 0. The number of hydrogen-bond acceptors (Lipinski definition) is 4. The van der Waals surface area contributed by atoms with Gasteiger partial charge in [-0.25, -0.2) is 4.98 Å². The van der Waals surface area contributed by atoms with E-state index in [0.717, 1.165) is 11.8 Å². The fourth-order valence-electron chi connectivity index (χ4n) is 1.92. The van der Waals surface area contributed by atoms with Gasteiger partial charge in [0.2, 0.25) is 5.95 Å². The lowest BCUT2D eigenvalue weighted by atomic mass is 10.2. The first-order valence-corrected chi connectivity index (χ1v) is 5.52. The van der Waals surface area contributed by atoms with E-state index in [1.807, 2.05) is 25.1 Å². The van der Waals surface area contributed by atoms with E-state index in [4.69, 9.17) is 0 Å². The molecule has 1 N–H and O–H groups in total. The van der Waals surface area contributed by atoms with Gasteiger partial charge < -0.3 is 10.2 Å². The molecule has 1 aromatic rings. The first kappa shape index (κ1) is 10.2. The fraction of sp³-hybridized carbons (Fsp3) is 0.636. The van der Waals surface area contributed by atoms with Crippen molar-refractivity contribution in [3.63, 3.8) is 0 Å². The molecule has 0 amide bonds. The topological polar surface area (TPSA) is 41.1 Å². The molecule has 2 rings (SSSR count). The Balaban J connectivity index is 2.04. The highest BCUT2D eigenvalue weighted by molar-refractivity contribution is 5.41. The third-order valence-electron chi connectivity index (χ3n) is 2.79. The van der Waals surface area contributed by atoms with E-state index in [1.165, 1.54) is 25.7 Å². The summed E-state index contributed by atoms with van der Waals surface area (Å²) in [4.78, 5) is 10.7. The summed E-state index contributed by atoms with van der Waals surface area (Å²) in [7, 11) is 3.98. The zero-order valence-electron chi connectivity index (χ0n) is 9.40. The van der Waals surface area contributed by atoms with Gasteiger partial charge in [-0.2, -0.15) is 4.98 Å². The molecule has 0 unspecified atom stereocenters. The van der Waals surface area contributed by atoms with E-state index in [0.29, 0.717) is 6.04 Å². The van der Waals surface area contributed by atoms with Crippen LogP contribution >= 0.6 is 0 Å². The maximum atomic E-state index is 4.44. The van der Waals surface area contributed by atoms with Crippen LogP contribution in [0.15, 0.2) is 12.3 Å². The second kappa shape index (κ2) is 4.47. The Labute approximate surface area is 90.7 Å². The van der Waals surface area contributed by atoms with Crippen molar-refractivity contribution in [2.45, 2.75) is 31.7 Å². The minimum absolute atomic E-state index is 0.572. The summed E-state index contributed by atoms with van der Waals surface area (Å²) < 4.78 is 0. The van der Waals surface area contributed by atoms with Gasteiger partial charge in [0, 0.05) is 26.3 Å². The van der Waals surface area contributed by atoms with Crippen LogP contribution in [0.1, 0.15) is 25.7 Å². The first-order valence-electron chi connectivity index (χ1n) is 5.52. The van der Waals surface area contributed by atoms with E-state index in [2.05, 4.69) is 15.3 Å². The van der Waals surface area contributed by atoms with E-state index in [-0.39, 0.29) is 0 Å². The van der Waals surface area contributed by atoms with Crippen LogP contribution in [0.4, 0.5) is 11.8 Å². The van der Waals surface area contributed by atoms with Crippen molar-refractivity contribution in [1.29, 1.82) is 0 Å². The maximum absolute atomic E-state index is 4.44. The van der Waals surface area contributed by atoms with E-state index < -0.39 is 0 Å². The second-order valence-corrected chi connectivity index (χ2v) is 4.26. The predicted octanol–water partition coefficient (Wildman–Crippen LogP) is 1.90. The van der Waals surface area contributed by atoms with E-state index in [9.17, 15) is 0 Å². The highest BCUT2D eigenvalue weighted by Gasteiger charge is 2.15. The SMILES string of the molecule is CN(C)c1ccnc(NC2CCCC2)n1. The lowest BCUT2D eigenvalue weighted by Gasteiger charge is -2.15. The highest BCUT2D eigenvalue weighted by Crippen LogP contribution is 2.21. The number of rotatable bonds is 3. The Hall–Kier alpha value is -1.32. The molecule has 4 nitrogen and oxygen atoms in total. The molecule has 1 aromatic heterocycles. The van der Waals surface area contributed by atoms with Crippen LogP contribution in [0.3, 0.4) is 0 Å². The van der Waals surface area contributed by atoms with Crippen LogP contribution in [0.5, 0.6) is 0 Å². The summed E-state index contributed by atoms with van der Waals surface area (Å²) in [5, 5.41) is 3.39. The third kappa shape index (κ3) is 2.58. The molecule has 0 aromatic carbocycles. The van der Waals surface area contributed by atoms with Crippen LogP contribution in [-0.2, 0) is 0 Å². The Morgan fingerprint density at radius 3 is 2.73 bits per heavy atom. The van der Waals surface area contributed by atoms with Crippen LogP contribution in [0.2, 0.25) is 0 Å². The minimum Gasteiger partial charge on any atom is -0.363 e. The van der Waals surface area contributed by atoms with Crippen molar-refractivity contribution >= 4 is 11.8 Å². The standard InChI is InChI=1S/C11H18N4/c1-15(2)10-7-8-12-11(14-10)13-9-5-3-4-6-9/h7-9H,3-6H2,1-2H3,(H,12,13,14). The van der Waals surface area contributed by atoms with Crippen molar-refractivity contribution in [2.75, 3.05) is 24.3 Å². The fourth-order valence-corrected chi connectivity index (χ4v) is 1.92. The van der Waals surface area contributed by atoms with Gasteiger partial charge in [-0.1, -0.05) is 12.8 Å². The van der Waals surface area contributed by atoms with Crippen molar-refractivity contribution in [2.24, 2.45) is 0 Å². The quantitative estimate of drug-likeness (QED) is 0.820. The molecular formula is C11H18N4. The third-order valence-corrected chi connectivity index (χ3v) is 2.79. The van der Waals surface area contributed by atoms with Gasteiger partial charge in [0.15, 0.2) is 0 Å². The monoisotopic (exact) mass is 206 g/mol. The van der Waals surface area contributed by atoms with Gasteiger partial charge in [-0.3, -0.25) is 0 Å². The Morgan fingerprint density at radius 2 is 2.07 bits per heavy atom. The zero-order valence-corrected chi connectivity index (χ0v) is 9.40. The Kier molecular flexibility index (Phi) is 3.04. The second-order valence-electron chi connectivity index (χ2n) is 4.26. The molecule has 0 aliphatic heterocycles. The number of hydrogen-bond donors (Lipinski definition) is 1. The number of aromatic nitrogens is 2. The summed E-state index contributed by atoms with van der Waals surface area (Å²) in [6.07, 6.45) is 6.95. The van der Waals surface area contributed by atoms with Gasteiger partial charge in [0.1, 0.15) is 5.82 Å². The van der Waals surface area contributed by atoms with Crippen LogP contribution in [0.25, 0.3) is 0 Å². The van der Waals surface area contributed by atoms with E-state index >= 15 is 0 Å². The van der Waals surface area contributed by atoms with Crippen LogP contribution in [-0.4, -0.2) is 30.1 Å². The largest absolute Gasteiger partial charge is 0.363 e. The van der Waals surface area contributed by atoms with Crippen molar-refractivity contribution in [1.82, 2.24) is 9.97 Å². The van der Waals surface area contributed by atoms with Gasteiger partial charge in [0.05, 0.1) is 0 Å². The smallest absolute Gasteiger partial charge is 0.224 e. The molecule has 82 valence electrons. The predicted molar refractivity (Wildman–Crippen MR) is 62.2 cm³/mol. The van der Waals surface area contributed by atoms with Gasteiger partial charge in [-0.05, 0) is 18.9 Å². The molecule has 1 aliphatic carbocycles. The van der Waals surface area contributed by atoms with Gasteiger partial charge in [0.25, 0.3) is 0 Å². The Morgan fingerprint density at radius 1 is 1.33 bits per heavy atom. The number of anilines is 2. The highest BCUT2D eigenvalue weighted by atomic mass is 15.2. The summed E-state index contributed by atoms with van der Waals surface area (Å²) in [5.74, 6) is 1.71. The molecule has 0 radical (unpaired) electrons. The number of nitrogens with zero attached hydrogens (tertiary/aromatic N) is 3. The van der Waals surface area contributed by atoms with Crippen molar-refractivity contribution in [3.05, 3.63) is 12.3 Å². The van der Waals surface area contributed by atoms with Crippen LogP contribution in [0, 0.1) is 0 Å². The maximum Gasteiger partial charge on any atom is 0.224 e. The molecule has 0 atom stereocenters. The zero-order chi connectivity index (χ0) is 10.7. The Bertz CT molecular complexity index is 318. The molecule has 0 bridgehead atoms. The molecule has 1 fully saturated rings. The molecule has 1 aliphatic rings. The summed E-state index contributed by atoms with van der Waals surface area (Å²) in [5.41, 5.74) is 0. The van der Waals surface area contributed by atoms with E-state index in [1.54, 1.807) is 6.20 Å². The first-order chi connectivity index (χ1) is 7.25. The molecule has 1 saturated carbocycles. The number of nitrogens with one attached hydrogen (secondary N) is 1. The summed E-state index contributed by atoms with van der Waals surface area (Å²) >= 11 is 0. The average molecular weight is 206 g/mol.